The van der Waals surface area contributed by atoms with E-state index in [4.69, 9.17) is 21.0 Å². The Kier molecular flexibility index (Phi) is 5.26. The van der Waals surface area contributed by atoms with Crippen molar-refractivity contribution in [2.45, 2.75) is 19.0 Å². The van der Waals surface area contributed by atoms with Crippen molar-refractivity contribution in [1.82, 2.24) is 4.98 Å². The van der Waals surface area contributed by atoms with E-state index in [1.54, 1.807) is 53.4 Å². The van der Waals surface area contributed by atoms with Crippen LogP contribution in [0.5, 0.6) is 0 Å². The number of fused-ring (bicyclic) bond motifs is 6. The number of benzene rings is 4. The lowest BCUT2D eigenvalue weighted by Crippen LogP contribution is -2.53. The highest BCUT2D eigenvalue weighted by atomic mass is 35.5. The molecule has 2 aliphatic rings. The molecule has 7 nitrogen and oxygen atoms in total. The highest BCUT2D eigenvalue weighted by molar-refractivity contribution is 7.22. The molecule has 0 N–H and O–H groups in total. The summed E-state index contributed by atoms with van der Waals surface area (Å²) in [4.78, 5) is 51.6. The van der Waals surface area contributed by atoms with Gasteiger partial charge < -0.3 is 9.32 Å². The minimum atomic E-state index is -1.81. The van der Waals surface area contributed by atoms with Crippen LogP contribution in [-0.2, 0) is 16.9 Å². The van der Waals surface area contributed by atoms with Crippen LogP contribution in [0.1, 0.15) is 32.8 Å². The Labute approximate surface area is 248 Å². The van der Waals surface area contributed by atoms with E-state index in [-0.39, 0.29) is 28.6 Å². The third-order valence-corrected chi connectivity index (χ3v) is 9.22. The first-order valence-corrected chi connectivity index (χ1v) is 14.5. The minimum absolute atomic E-state index is 0.00711. The summed E-state index contributed by atoms with van der Waals surface area (Å²) in [5, 5.41) is 1.09. The average molecular weight is 590 g/mol. The number of thiazole rings is 1. The molecule has 0 fully saturated rings. The molecule has 2 aliphatic heterocycles. The molecule has 1 spiro atoms. The Balaban J connectivity index is 1.45. The number of amides is 2. The average Bonchev–Trinajstić information content (AvgIpc) is 3.59. The highest BCUT2D eigenvalue weighted by Gasteiger charge is 2.66. The monoisotopic (exact) mass is 589 g/mol. The largest absolute Gasteiger partial charge is 0.450 e. The van der Waals surface area contributed by atoms with Gasteiger partial charge in [-0.05, 0) is 48.9 Å². The van der Waals surface area contributed by atoms with Gasteiger partial charge in [0.25, 0.3) is 11.8 Å². The van der Waals surface area contributed by atoms with E-state index in [1.165, 1.54) is 16.2 Å². The van der Waals surface area contributed by atoms with Gasteiger partial charge >= 0.3 is 0 Å². The number of carbonyl (C=O) groups excluding carboxylic acids is 2. The summed E-state index contributed by atoms with van der Waals surface area (Å²) in [6.45, 7) is 2.25. The fraction of sp³-hybridized carbons (Fsp3) is 0.0909. The summed E-state index contributed by atoms with van der Waals surface area (Å²) in [5.74, 6) is -1.17. The number of para-hydroxylation sites is 2. The van der Waals surface area contributed by atoms with Gasteiger partial charge in [0.15, 0.2) is 16.1 Å². The molecule has 42 heavy (non-hydrogen) atoms. The molecule has 2 amide bonds. The minimum Gasteiger partial charge on any atom is -0.450 e. The molecule has 0 saturated carbocycles. The maximum absolute atomic E-state index is 15.0. The van der Waals surface area contributed by atoms with Gasteiger partial charge in [0, 0.05) is 10.6 Å². The van der Waals surface area contributed by atoms with Gasteiger partial charge in [-0.2, -0.15) is 0 Å². The van der Waals surface area contributed by atoms with E-state index in [0.29, 0.717) is 27.2 Å². The molecule has 6 aromatic rings. The van der Waals surface area contributed by atoms with Crippen LogP contribution in [0.2, 0.25) is 5.02 Å². The number of hydrogen-bond acceptors (Lipinski definition) is 6. The number of hydrogen-bond donors (Lipinski definition) is 0. The molecule has 1 unspecified atom stereocenters. The molecule has 0 saturated heterocycles. The lowest BCUT2D eigenvalue weighted by Gasteiger charge is -2.32. The van der Waals surface area contributed by atoms with Gasteiger partial charge in [0.2, 0.25) is 5.76 Å². The molecule has 8 rings (SSSR count). The Hall–Kier alpha value is -4.79. The summed E-state index contributed by atoms with van der Waals surface area (Å²) in [5.41, 5.74) is 1.80. The van der Waals surface area contributed by atoms with Gasteiger partial charge in [-0.15, -0.1) is 0 Å². The predicted octanol–water partition coefficient (Wildman–Crippen LogP) is 6.82. The first kappa shape index (κ1) is 25.0. The van der Waals surface area contributed by atoms with Crippen LogP contribution < -0.4 is 15.2 Å². The highest BCUT2D eigenvalue weighted by Crippen LogP contribution is 2.55. The summed E-state index contributed by atoms with van der Waals surface area (Å²) in [7, 11) is 0. The normalized spacial score (nSPS) is 17.6. The summed E-state index contributed by atoms with van der Waals surface area (Å²) in [6.07, 6.45) is 0. The van der Waals surface area contributed by atoms with E-state index in [1.807, 2.05) is 49.4 Å². The lowest BCUT2D eigenvalue weighted by molar-refractivity contribution is -0.121. The second-order valence-electron chi connectivity index (χ2n) is 10.5. The van der Waals surface area contributed by atoms with Crippen LogP contribution in [0.15, 0.2) is 100 Å². The number of halogens is 1. The molecule has 9 heteroatoms. The SMILES string of the molecule is Cc1cccc(CN2C(=O)C3(c4ccccc42)c2c(oc4ccccc4c2=O)C(=O)N3c2nc3ccc(Cl)cc3s2)c1. The van der Waals surface area contributed by atoms with Gasteiger partial charge in [-0.1, -0.05) is 83.1 Å². The second kappa shape index (κ2) is 8.85. The van der Waals surface area contributed by atoms with Gasteiger partial charge in [0.05, 0.1) is 33.4 Å². The third kappa shape index (κ3) is 3.27. The molecule has 2 aromatic heterocycles. The van der Waals surface area contributed by atoms with Crippen molar-refractivity contribution in [3.05, 3.63) is 134 Å². The number of aromatic nitrogens is 1. The van der Waals surface area contributed by atoms with Crippen LogP contribution in [0.3, 0.4) is 0 Å². The third-order valence-electron chi connectivity index (χ3n) is 7.99. The van der Waals surface area contributed by atoms with Crippen LogP contribution in [-0.4, -0.2) is 16.8 Å². The molecule has 1 atom stereocenters. The van der Waals surface area contributed by atoms with Gasteiger partial charge in [-0.25, -0.2) is 4.98 Å². The van der Waals surface area contributed by atoms with Crippen molar-refractivity contribution < 1.29 is 14.0 Å². The number of anilines is 2. The van der Waals surface area contributed by atoms with Crippen molar-refractivity contribution >= 4 is 66.8 Å². The zero-order chi connectivity index (χ0) is 28.7. The summed E-state index contributed by atoms with van der Waals surface area (Å²) < 4.78 is 6.90. The molecule has 0 bridgehead atoms. The molecule has 204 valence electrons. The number of rotatable bonds is 3. The van der Waals surface area contributed by atoms with E-state index in [0.717, 1.165) is 15.8 Å². The Bertz CT molecular complexity index is 2210. The smallest absolute Gasteiger partial charge is 0.297 e. The fourth-order valence-electron chi connectivity index (χ4n) is 6.24. The van der Waals surface area contributed by atoms with Crippen molar-refractivity contribution in [2.75, 3.05) is 9.80 Å². The molecule has 0 aliphatic carbocycles. The Morgan fingerprint density at radius 1 is 0.929 bits per heavy atom. The molecule has 0 radical (unpaired) electrons. The van der Waals surface area contributed by atoms with E-state index in [9.17, 15) is 9.59 Å². The van der Waals surface area contributed by atoms with E-state index < -0.39 is 22.8 Å². The number of carbonyl (C=O) groups is 2. The van der Waals surface area contributed by atoms with Crippen LogP contribution in [0.4, 0.5) is 10.8 Å². The second-order valence-corrected chi connectivity index (χ2v) is 11.9. The molecular weight excluding hydrogens is 570 g/mol. The Morgan fingerprint density at radius 3 is 2.60 bits per heavy atom. The fourth-order valence-corrected chi connectivity index (χ4v) is 7.53. The Morgan fingerprint density at radius 2 is 1.74 bits per heavy atom. The maximum atomic E-state index is 15.0. The number of nitrogens with zero attached hydrogens (tertiary/aromatic N) is 3. The van der Waals surface area contributed by atoms with Crippen LogP contribution in [0.25, 0.3) is 21.2 Å². The quantitative estimate of drug-likeness (QED) is 0.226. The van der Waals surface area contributed by atoms with Crippen molar-refractivity contribution in [2.24, 2.45) is 0 Å². The topological polar surface area (TPSA) is 83.7 Å². The van der Waals surface area contributed by atoms with Crippen molar-refractivity contribution in [1.29, 1.82) is 0 Å². The van der Waals surface area contributed by atoms with Crippen LogP contribution in [0, 0.1) is 6.92 Å². The first-order chi connectivity index (χ1) is 20.4. The maximum Gasteiger partial charge on any atom is 0.297 e. The van der Waals surface area contributed by atoms with Gasteiger partial charge in [0.1, 0.15) is 5.58 Å². The van der Waals surface area contributed by atoms with Crippen molar-refractivity contribution in [3.8, 4) is 0 Å². The summed E-state index contributed by atoms with van der Waals surface area (Å²) >= 11 is 7.50. The van der Waals surface area contributed by atoms with E-state index in [2.05, 4.69) is 0 Å². The zero-order valence-corrected chi connectivity index (χ0v) is 23.7. The zero-order valence-electron chi connectivity index (χ0n) is 22.1. The molecular formula is C33H20ClN3O4S. The molecule has 4 heterocycles. The first-order valence-electron chi connectivity index (χ1n) is 13.3. The summed E-state index contributed by atoms with van der Waals surface area (Å²) in [6, 6.07) is 27.3. The van der Waals surface area contributed by atoms with E-state index >= 15 is 4.79 Å². The molecule has 4 aromatic carbocycles. The van der Waals surface area contributed by atoms with Gasteiger partial charge in [-0.3, -0.25) is 19.3 Å². The number of aryl methyl sites for hydroxylation is 1. The van der Waals surface area contributed by atoms with Crippen molar-refractivity contribution in [3.63, 3.8) is 0 Å². The lowest BCUT2D eigenvalue weighted by atomic mass is 9.84. The van der Waals surface area contributed by atoms with Crippen LogP contribution >= 0.6 is 22.9 Å². The standard InChI is InChI=1S/C33H20ClN3O4S/c1-18-7-6-8-19(15-18)17-36-24-11-4-3-10-22(24)33(31(36)40)27-28(38)21-9-2-5-12-25(21)41-29(27)30(39)37(33)32-35-23-14-13-20(34)16-26(23)42-32/h2-16H,17H2,1H3. The predicted molar refractivity (Wildman–Crippen MR) is 164 cm³/mol.